The summed E-state index contributed by atoms with van der Waals surface area (Å²) >= 11 is 0. The number of furan rings is 1. The zero-order valence-electron chi connectivity index (χ0n) is 14.8. The highest BCUT2D eigenvalue weighted by Crippen LogP contribution is 2.21. The van der Waals surface area contributed by atoms with Crippen LogP contribution in [0.3, 0.4) is 0 Å². The van der Waals surface area contributed by atoms with E-state index in [9.17, 15) is 9.59 Å². The summed E-state index contributed by atoms with van der Waals surface area (Å²) < 4.78 is 6.95. The summed E-state index contributed by atoms with van der Waals surface area (Å²) in [4.78, 5) is 27.5. The number of carbonyl (C=O) groups is 1. The number of nitrogens with zero attached hydrogens (tertiary/aromatic N) is 2. The third-order valence-electron chi connectivity index (χ3n) is 4.51. The second-order valence-electron chi connectivity index (χ2n) is 6.29. The summed E-state index contributed by atoms with van der Waals surface area (Å²) in [5.74, 6) is 0.584. The van der Waals surface area contributed by atoms with E-state index in [1.54, 1.807) is 24.1 Å². The molecule has 3 heterocycles. The smallest absolute Gasteiger partial charge is 0.253 e. The van der Waals surface area contributed by atoms with Gasteiger partial charge in [-0.1, -0.05) is 0 Å². The molecule has 0 radical (unpaired) electrons. The quantitative estimate of drug-likeness (QED) is 0.744. The van der Waals surface area contributed by atoms with Gasteiger partial charge in [-0.2, -0.15) is 5.10 Å². The largest absolute Gasteiger partial charge is 0.467 e. The molecule has 3 aromatic heterocycles. The van der Waals surface area contributed by atoms with Crippen molar-refractivity contribution < 1.29 is 9.21 Å². The van der Waals surface area contributed by atoms with Gasteiger partial charge >= 0.3 is 0 Å². The first-order chi connectivity index (χ1) is 11.9. The lowest BCUT2D eigenvalue weighted by Gasteiger charge is -2.12. The van der Waals surface area contributed by atoms with Crippen molar-refractivity contribution in [2.75, 3.05) is 0 Å². The first-order valence-corrected chi connectivity index (χ1v) is 8.26. The first-order valence-electron chi connectivity index (χ1n) is 8.26. The average Bonchev–Trinajstić information content (AvgIpc) is 3.16. The Labute approximate surface area is 145 Å². The minimum Gasteiger partial charge on any atom is -0.467 e. The van der Waals surface area contributed by atoms with Crippen LogP contribution in [0.1, 0.15) is 42.0 Å². The fourth-order valence-corrected chi connectivity index (χ4v) is 3.22. The van der Waals surface area contributed by atoms with Crippen molar-refractivity contribution in [3.63, 3.8) is 0 Å². The number of pyridine rings is 1. The Morgan fingerprint density at radius 2 is 2.20 bits per heavy atom. The molecule has 0 unspecified atom stereocenters. The number of hydrogen-bond donors (Lipinski definition) is 2. The molecule has 2 N–H and O–H groups in total. The standard InChI is InChI=1S/C18H22N4O3/c1-10-13(18(24)20-17-16(10)12(3)21-22(17)4)7-8-15(23)19-11(2)14-6-5-9-25-14/h5-6,9,11H,7-8H2,1-4H3,(H,19,23)(H,20,24)/t11-/m1/s1. The maximum absolute atomic E-state index is 12.4. The fourth-order valence-electron chi connectivity index (χ4n) is 3.22. The van der Waals surface area contributed by atoms with Crippen LogP contribution in [0.15, 0.2) is 27.6 Å². The molecule has 25 heavy (non-hydrogen) atoms. The molecule has 132 valence electrons. The number of amides is 1. The van der Waals surface area contributed by atoms with Crippen LogP contribution >= 0.6 is 0 Å². The number of aromatic amines is 1. The van der Waals surface area contributed by atoms with Crippen LogP contribution in [0.2, 0.25) is 0 Å². The van der Waals surface area contributed by atoms with Crippen LogP contribution in [0.5, 0.6) is 0 Å². The van der Waals surface area contributed by atoms with Crippen molar-refractivity contribution in [3.8, 4) is 0 Å². The van der Waals surface area contributed by atoms with Gasteiger partial charge in [0.25, 0.3) is 5.56 Å². The summed E-state index contributed by atoms with van der Waals surface area (Å²) in [7, 11) is 1.80. The van der Waals surface area contributed by atoms with Gasteiger partial charge in [0.2, 0.25) is 5.91 Å². The van der Waals surface area contributed by atoms with Gasteiger partial charge < -0.3 is 14.7 Å². The molecule has 3 aromatic rings. The normalized spacial score (nSPS) is 12.5. The summed E-state index contributed by atoms with van der Waals surface area (Å²) in [5, 5.41) is 8.18. The number of nitrogens with one attached hydrogen (secondary N) is 2. The average molecular weight is 342 g/mol. The molecule has 0 fully saturated rings. The van der Waals surface area contributed by atoms with Crippen molar-refractivity contribution >= 4 is 16.9 Å². The molecule has 0 saturated heterocycles. The van der Waals surface area contributed by atoms with E-state index in [1.807, 2.05) is 26.8 Å². The van der Waals surface area contributed by atoms with E-state index in [-0.39, 0.29) is 23.9 Å². The van der Waals surface area contributed by atoms with E-state index < -0.39 is 0 Å². The predicted octanol–water partition coefficient (Wildman–Crippen LogP) is 2.28. The monoisotopic (exact) mass is 342 g/mol. The molecule has 7 nitrogen and oxygen atoms in total. The van der Waals surface area contributed by atoms with Gasteiger partial charge in [0.1, 0.15) is 11.4 Å². The molecule has 0 saturated carbocycles. The third kappa shape index (κ3) is 3.22. The number of fused-ring (bicyclic) bond motifs is 1. The van der Waals surface area contributed by atoms with Gasteiger partial charge in [0.15, 0.2) is 0 Å². The molecule has 7 heteroatoms. The number of carbonyl (C=O) groups excluding carboxylic acids is 1. The number of rotatable bonds is 5. The van der Waals surface area contributed by atoms with Gasteiger partial charge in [0.05, 0.1) is 18.0 Å². The summed E-state index contributed by atoms with van der Waals surface area (Å²) in [6, 6.07) is 3.40. The second kappa shape index (κ2) is 6.58. The highest BCUT2D eigenvalue weighted by atomic mass is 16.3. The van der Waals surface area contributed by atoms with Gasteiger partial charge in [0, 0.05) is 24.4 Å². The van der Waals surface area contributed by atoms with Crippen LogP contribution < -0.4 is 10.9 Å². The molecule has 1 atom stereocenters. The van der Waals surface area contributed by atoms with Gasteiger partial charge in [-0.05, 0) is 44.9 Å². The van der Waals surface area contributed by atoms with E-state index >= 15 is 0 Å². The Kier molecular flexibility index (Phi) is 4.48. The first kappa shape index (κ1) is 17.0. The van der Waals surface area contributed by atoms with E-state index in [1.165, 1.54) is 0 Å². The van der Waals surface area contributed by atoms with Crippen molar-refractivity contribution in [2.24, 2.45) is 7.05 Å². The topological polar surface area (TPSA) is 92.9 Å². The molecular formula is C18H22N4O3. The fraction of sp³-hybridized carbons (Fsp3) is 0.389. The molecule has 0 aromatic carbocycles. The Bertz CT molecular complexity index is 967. The number of aromatic nitrogens is 3. The van der Waals surface area contributed by atoms with E-state index in [0.29, 0.717) is 23.4 Å². The Morgan fingerprint density at radius 3 is 2.88 bits per heavy atom. The number of H-pyrrole nitrogens is 1. The van der Waals surface area contributed by atoms with Gasteiger partial charge in [-0.3, -0.25) is 14.3 Å². The zero-order chi connectivity index (χ0) is 18.1. The summed E-state index contributed by atoms with van der Waals surface area (Å²) in [6.07, 6.45) is 2.19. The van der Waals surface area contributed by atoms with E-state index in [2.05, 4.69) is 15.4 Å². The predicted molar refractivity (Wildman–Crippen MR) is 94.4 cm³/mol. The van der Waals surface area contributed by atoms with Crippen molar-refractivity contribution in [1.82, 2.24) is 20.1 Å². The van der Waals surface area contributed by atoms with Crippen LogP contribution in [0.4, 0.5) is 0 Å². The lowest BCUT2D eigenvalue weighted by Crippen LogP contribution is -2.27. The molecule has 0 aliphatic rings. The van der Waals surface area contributed by atoms with Gasteiger partial charge in [-0.25, -0.2) is 0 Å². The molecule has 0 aliphatic heterocycles. The number of hydrogen-bond acceptors (Lipinski definition) is 4. The van der Waals surface area contributed by atoms with Crippen LogP contribution in [-0.4, -0.2) is 20.7 Å². The summed E-state index contributed by atoms with van der Waals surface area (Å²) in [6.45, 7) is 5.68. The van der Waals surface area contributed by atoms with E-state index in [4.69, 9.17) is 4.42 Å². The molecular weight excluding hydrogens is 320 g/mol. The minimum atomic E-state index is -0.204. The number of aryl methyl sites for hydroxylation is 3. The molecule has 1 amide bonds. The Hall–Kier alpha value is -2.83. The van der Waals surface area contributed by atoms with Crippen molar-refractivity contribution in [1.29, 1.82) is 0 Å². The van der Waals surface area contributed by atoms with Gasteiger partial charge in [-0.15, -0.1) is 0 Å². The SMILES string of the molecule is Cc1nn(C)c2[nH]c(=O)c(CCC(=O)N[C@H](C)c3ccco3)c(C)c12. The van der Waals surface area contributed by atoms with Crippen molar-refractivity contribution in [2.45, 2.75) is 39.7 Å². The molecule has 3 rings (SSSR count). The second-order valence-corrected chi connectivity index (χ2v) is 6.29. The highest BCUT2D eigenvalue weighted by molar-refractivity contribution is 5.83. The van der Waals surface area contributed by atoms with Crippen LogP contribution in [0, 0.1) is 13.8 Å². The van der Waals surface area contributed by atoms with E-state index in [0.717, 1.165) is 16.6 Å². The lowest BCUT2D eigenvalue weighted by molar-refractivity contribution is -0.121. The maximum Gasteiger partial charge on any atom is 0.253 e. The Balaban J connectivity index is 1.76. The highest BCUT2D eigenvalue weighted by Gasteiger charge is 2.17. The Morgan fingerprint density at radius 1 is 1.44 bits per heavy atom. The van der Waals surface area contributed by atoms with Crippen LogP contribution in [-0.2, 0) is 18.3 Å². The molecule has 0 spiro atoms. The lowest BCUT2D eigenvalue weighted by atomic mass is 10.0. The maximum atomic E-state index is 12.4. The van der Waals surface area contributed by atoms with Crippen LogP contribution in [0.25, 0.3) is 11.0 Å². The molecule has 0 bridgehead atoms. The molecule has 0 aliphatic carbocycles. The third-order valence-corrected chi connectivity index (χ3v) is 4.51. The van der Waals surface area contributed by atoms with Crippen molar-refractivity contribution in [3.05, 3.63) is 51.3 Å². The zero-order valence-corrected chi connectivity index (χ0v) is 14.8. The minimum absolute atomic E-state index is 0.120. The summed E-state index contributed by atoms with van der Waals surface area (Å²) in [5.41, 5.74) is 2.92.